The molecule has 1 unspecified atom stereocenters. The number of ether oxygens (including phenoxy) is 1. The molecule has 4 aromatic rings. The van der Waals surface area contributed by atoms with Crippen molar-refractivity contribution >= 4 is 44.5 Å². The summed E-state index contributed by atoms with van der Waals surface area (Å²) in [7, 11) is 0. The van der Waals surface area contributed by atoms with E-state index in [1.165, 1.54) is 0 Å². The zero-order valence-corrected chi connectivity index (χ0v) is 21.8. The molecule has 0 aliphatic carbocycles. The Balaban J connectivity index is 1.47. The number of para-hydroxylation sites is 2. The van der Waals surface area contributed by atoms with Crippen molar-refractivity contribution in [3.05, 3.63) is 92.7 Å². The maximum atomic E-state index is 12.8. The number of nitrogens with one attached hydrogen (secondary N) is 1. The second kappa shape index (κ2) is 10.6. The Kier molecular flexibility index (Phi) is 7.59. The van der Waals surface area contributed by atoms with Gasteiger partial charge in [0.1, 0.15) is 11.6 Å². The summed E-state index contributed by atoms with van der Waals surface area (Å²) in [5.41, 5.74) is 4.58. The zero-order chi connectivity index (χ0) is 24.2. The molecular weight excluding hydrogens is 514 g/mol. The predicted octanol–water partition coefficient (Wildman–Crippen LogP) is 7.03. The zero-order valence-electron chi connectivity index (χ0n) is 19.4. The van der Waals surface area contributed by atoms with Gasteiger partial charge in [-0.25, -0.2) is 4.98 Å². The molecule has 0 fully saturated rings. The summed E-state index contributed by atoms with van der Waals surface area (Å²) in [5, 5.41) is 3.86. The molecule has 1 amide bonds. The van der Waals surface area contributed by atoms with Crippen molar-refractivity contribution < 1.29 is 9.53 Å². The minimum atomic E-state index is -0.258. The van der Waals surface area contributed by atoms with Gasteiger partial charge in [0.25, 0.3) is 5.91 Å². The van der Waals surface area contributed by atoms with Crippen molar-refractivity contribution in [1.29, 1.82) is 0 Å². The number of hydrogen-bond donors (Lipinski definition) is 1. The summed E-state index contributed by atoms with van der Waals surface area (Å²) in [6.07, 6.45) is 0.793. The van der Waals surface area contributed by atoms with Crippen LogP contribution in [0.5, 0.6) is 5.75 Å². The van der Waals surface area contributed by atoms with Crippen LogP contribution in [0.15, 0.2) is 65.1 Å². The summed E-state index contributed by atoms with van der Waals surface area (Å²) >= 11 is 9.67. The molecule has 0 aliphatic rings. The van der Waals surface area contributed by atoms with Gasteiger partial charge in [-0.2, -0.15) is 0 Å². The maximum Gasteiger partial charge on any atom is 0.251 e. The van der Waals surface area contributed by atoms with Crippen LogP contribution in [-0.2, 0) is 6.54 Å². The van der Waals surface area contributed by atoms with Crippen molar-refractivity contribution in [1.82, 2.24) is 14.9 Å². The van der Waals surface area contributed by atoms with Crippen LogP contribution in [0, 0.1) is 13.8 Å². The molecule has 1 aromatic heterocycles. The maximum absolute atomic E-state index is 12.8. The average Bonchev–Trinajstić information content (AvgIpc) is 3.19. The first-order valence-corrected chi connectivity index (χ1v) is 12.4. The van der Waals surface area contributed by atoms with Crippen molar-refractivity contribution in [2.75, 3.05) is 6.61 Å². The first-order valence-electron chi connectivity index (χ1n) is 11.2. The monoisotopic (exact) mass is 539 g/mol. The van der Waals surface area contributed by atoms with Gasteiger partial charge in [-0.05, 0) is 86.8 Å². The molecule has 4 rings (SSSR count). The topological polar surface area (TPSA) is 56.1 Å². The number of halogens is 2. The Morgan fingerprint density at radius 2 is 1.79 bits per heavy atom. The highest BCUT2D eigenvalue weighted by molar-refractivity contribution is 9.10. The Hall–Kier alpha value is -2.83. The SMILES string of the molecule is Cc1cc(OCCCn2c(C(C)NC(=O)c3ccc(Br)cc3)nc3ccccc32)cc(C)c1Cl. The van der Waals surface area contributed by atoms with Crippen LogP contribution >= 0.6 is 27.5 Å². The fourth-order valence-corrected chi connectivity index (χ4v) is 4.38. The lowest BCUT2D eigenvalue weighted by atomic mass is 10.1. The van der Waals surface area contributed by atoms with E-state index in [2.05, 4.69) is 31.9 Å². The van der Waals surface area contributed by atoms with Crippen LogP contribution in [0.4, 0.5) is 0 Å². The number of carbonyl (C=O) groups excluding carboxylic acids is 1. The highest BCUT2D eigenvalue weighted by Crippen LogP contribution is 2.26. The number of aryl methyl sites for hydroxylation is 3. The molecule has 1 N–H and O–H groups in total. The molecule has 176 valence electrons. The third-order valence-corrected chi connectivity index (χ3v) is 6.85. The number of rotatable bonds is 8. The molecule has 1 heterocycles. The number of aromatic nitrogens is 2. The van der Waals surface area contributed by atoms with Crippen LogP contribution in [0.25, 0.3) is 11.0 Å². The van der Waals surface area contributed by atoms with Crippen molar-refractivity contribution in [3.8, 4) is 5.75 Å². The van der Waals surface area contributed by atoms with Crippen LogP contribution in [0.3, 0.4) is 0 Å². The van der Waals surface area contributed by atoms with E-state index in [-0.39, 0.29) is 11.9 Å². The van der Waals surface area contributed by atoms with Gasteiger partial charge in [0.05, 0.1) is 23.7 Å². The predicted molar refractivity (Wildman–Crippen MR) is 141 cm³/mol. The molecule has 0 saturated heterocycles. The molecule has 0 bridgehead atoms. The Labute approximate surface area is 213 Å². The van der Waals surface area contributed by atoms with Crippen molar-refractivity contribution in [2.45, 2.75) is 39.8 Å². The number of nitrogens with zero attached hydrogens (tertiary/aromatic N) is 2. The van der Waals surface area contributed by atoms with E-state index in [4.69, 9.17) is 21.3 Å². The van der Waals surface area contributed by atoms with Gasteiger partial charge in [-0.3, -0.25) is 4.79 Å². The van der Waals surface area contributed by atoms with Gasteiger partial charge in [0.15, 0.2) is 0 Å². The lowest BCUT2D eigenvalue weighted by Crippen LogP contribution is -2.28. The lowest BCUT2D eigenvalue weighted by Gasteiger charge is -2.17. The van der Waals surface area contributed by atoms with Gasteiger partial charge in [-0.1, -0.05) is 39.7 Å². The van der Waals surface area contributed by atoms with E-state index in [9.17, 15) is 4.79 Å². The lowest BCUT2D eigenvalue weighted by molar-refractivity contribution is 0.0937. The third-order valence-electron chi connectivity index (χ3n) is 5.73. The molecule has 34 heavy (non-hydrogen) atoms. The fraction of sp³-hybridized carbons (Fsp3) is 0.259. The first kappa shape index (κ1) is 24.3. The first-order chi connectivity index (χ1) is 16.3. The summed E-state index contributed by atoms with van der Waals surface area (Å²) in [6.45, 7) is 7.21. The Morgan fingerprint density at radius 1 is 1.12 bits per heavy atom. The number of carbonyl (C=O) groups is 1. The molecule has 0 aliphatic heterocycles. The largest absolute Gasteiger partial charge is 0.494 e. The van der Waals surface area contributed by atoms with Crippen LogP contribution < -0.4 is 10.1 Å². The molecule has 7 heteroatoms. The number of benzene rings is 3. The van der Waals surface area contributed by atoms with Crippen LogP contribution in [0.2, 0.25) is 5.02 Å². The van der Waals surface area contributed by atoms with E-state index in [1.54, 1.807) is 12.1 Å². The highest BCUT2D eigenvalue weighted by atomic mass is 79.9. The summed E-state index contributed by atoms with van der Waals surface area (Å²) < 4.78 is 9.10. The van der Waals surface area contributed by atoms with Gasteiger partial charge in [0, 0.05) is 21.6 Å². The van der Waals surface area contributed by atoms with E-state index in [1.807, 2.05) is 63.2 Å². The number of imidazole rings is 1. The Morgan fingerprint density at radius 3 is 2.50 bits per heavy atom. The molecule has 0 radical (unpaired) electrons. The van der Waals surface area contributed by atoms with Crippen molar-refractivity contribution in [3.63, 3.8) is 0 Å². The second-order valence-electron chi connectivity index (χ2n) is 8.39. The Bertz CT molecular complexity index is 1290. The van der Waals surface area contributed by atoms with Crippen LogP contribution in [-0.4, -0.2) is 22.1 Å². The molecule has 0 saturated carbocycles. The minimum absolute atomic E-state index is 0.129. The summed E-state index contributed by atoms with van der Waals surface area (Å²) in [5.74, 6) is 1.52. The third kappa shape index (κ3) is 5.45. The van der Waals surface area contributed by atoms with Crippen molar-refractivity contribution in [2.24, 2.45) is 0 Å². The van der Waals surface area contributed by atoms with Gasteiger partial charge < -0.3 is 14.6 Å². The molecular formula is C27H27BrClN3O2. The van der Waals surface area contributed by atoms with E-state index < -0.39 is 0 Å². The summed E-state index contributed by atoms with van der Waals surface area (Å²) in [6, 6.07) is 19.0. The smallest absolute Gasteiger partial charge is 0.251 e. The van der Waals surface area contributed by atoms with Gasteiger partial charge in [0.2, 0.25) is 0 Å². The summed E-state index contributed by atoms with van der Waals surface area (Å²) in [4.78, 5) is 17.6. The molecule has 3 aromatic carbocycles. The molecule has 1 atom stereocenters. The second-order valence-corrected chi connectivity index (χ2v) is 9.68. The minimum Gasteiger partial charge on any atom is -0.494 e. The highest BCUT2D eigenvalue weighted by Gasteiger charge is 2.19. The molecule has 0 spiro atoms. The van der Waals surface area contributed by atoms with E-state index >= 15 is 0 Å². The molecule has 5 nitrogen and oxygen atoms in total. The number of fused-ring (bicyclic) bond motifs is 1. The van der Waals surface area contributed by atoms with Gasteiger partial charge in [-0.15, -0.1) is 0 Å². The average molecular weight is 541 g/mol. The normalized spacial score (nSPS) is 12.0. The number of hydrogen-bond acceptors (Lipinski definition) is 3. The quantitative estimate of drug-likeness (QED) is 0.244. The number of amides is 1. The standard InChI is InChI=1S/C27H27BrClN3O2/c1-17-15-22(16-18(2)25(17)29)34-14-6-13-32-24-8-5-4-7-23(24)31-26(32)19(3)30-27(33)20-9-11-21(28)12-10-20/h4-5,7-12,15-16,19H,6,13-14H2,1-3H3,(H,30,33). The van der Waals surface area contributed by atoms with Gasteiger partial charge >= 0.3 is 0 Å². The van der Waals surface area contributed by atoms with Crippen LogP contribution in [0.1, 0.15) is 46.7 Å². The van der Waals surface area contributed by atoms with E-state index in [0.717, 1.165) is 56.2 Å². The fourth-order valence-electron chi connectivity index (χ4n) is 4.01. The van der Waals surface area contributed by atoms with E-state index in [0.29, 0.717) is 12.2 Å².